The monoisotopic (exact) mass is 667 g/mol. The molecule has 0 saturated carbocycles. The summed E-state index contributed by atoms with van der Waals surface area (Å²) in [6.07, 6.45) is 0.485. The van der Waals surface area contributed by atoms with Crippen LogP contribution in [0.25, 0.3) is 0 Å². The van der Waals surface area contributed by atoms with Crippen LogP contribution in [0.2, 0.25) is 0 Å². The van der Waals surface area contributed by atoms with Crippen molar-refractivity contribution in [3.8, 4) is 0 Å². The molecule has 0 aromatic carbocycles. The lowest BCUT2D eigenvalue weighted by atomic mass is 10.4. The van der Waals surface area contributed by atoms with Crippen molar-refractivity contribution in [1.82, 2.24) is 4.90 Å². The minimum atomic E-state index is -0.935. The number of ether oxygens (including phenoxy) is 5. The van der Waals surface area contributed by atoms with Gasteiger partial charge in [-0.05, 0) is 41.8 Å². The van der Waals surface area contributed by atoms with Crippen molar-refractivity contribution in [2.45, 2.75) is 34.1 Å². The summed E-state index contributed by atoms with van der Waals surface area (Å²) in [4.78, 5) is 42.5. The highest BCUT2D eigenvalue weighted by molar-refractivity contribution is 5.87. The normalized spacial score (nSPS) is 9.26. The highest BCUT2D eigenvalue weighted by Gasteiger charge is 2.02. The second-order valence-corrected chi connectivity index (χ2v) is 9.17. The Labute approximate surface area is 273 Å². The number of hydrogen-bond donors (Lipinski definition) is 5. The van der Waals surface area contributed by atoms with Crippen LogP contribution in [0.1, 0.15) is 34.1 Å². The topological polar surface area (TPSA) is 219 Å². The van der Waals surface area contributed by atoms with E-state index in [4.69, 9.17) is 44.5 Å². The Kier molecular flexibility index (Phi) is 44.8. The Morgan fingerprint density at radius 3 is 1.07 bits per heavy atom. The van der Waals surface area contributed by atoms with Gasteiger partial charge in [-0.25, -0.2) is 19.2 Å². The fraction of sp³-hybridized carbons (Fsp3) is 0.613. The largest absolute Gasteiger partial charge is 0.478 e. The number of carboxylic acid groups (broad SMARTS) is 2. The van der Waals surface area contributed by atoms with Gasteiger partial charge in [0.15, 0.2) is 0 Å². The Morgan fingerprint density at radius 2 is 0.826 bits per heavy atom. The lowest BCUT2D eigenvalue weighted by Crippen LogP contribution is -2.20. The van der Waals surface area contributed by atoms with Gasteiger partial charge in [0.1, 0.15) is 6.61 Å². The van der Waals surface area contributed by atoms with E-state index in [9.17, 15) is 19.2 Å². The van der Waals surface area contributed by atoms with Crippen LogP contribution in [0.5, 0.6) is 0 Å². The number of aliphatic hydroxyl groups excluding tert-OH is 3. The molecule has 0 aliphatic carbocycles. The van der Waals surface area contributed by atoms with Crippen LogP contribution in [-0.4, -0.2) is 148 Å². The second-order valence-electron chi connectivity index (χ2n) is 9.17. The summed E-state index contributed by atoms with van der Waals surface area (Å²) in [6.45, 7) is 23.5. The number of carbonyl (C=O) groups excluding carboxylic acids is 2. The van der Waals surface area contributed by atoms with E-state index in [0.717, 1.165) is 6.54 Å². The van der Waals surface area contributed by atoms with Gasteiger partial charge >= 0.3 is 23.9 Å². The standard InChI is InChI=1S/C8H15NO2.C8H18O5.C7H12O3.2C4H6O2/c1-7(2)8(10)11-6-5-9(3)4;9-1-3-11-5-7-13-8-6-12-4-2-10;1-6(2)7(9)10-5-3-4-8;2*1-3(2)4(5)6/h1,5-6H2,2-4H3;9-10H,1-8H2;8H,1,3-5H2,2H3;2*1H2,2H3,(H,5,6). The first-order valence-corrected chi connectivity index (χ1v) is 14.1. The van der Waals surface area contributed by atoms with Crippen LogP contribution < -0.4 is 0 Å². The number of hydrogen-bond acceptors (Lipinski definition) is 13. The number of nitrogens with zero attached hydrogens (tertiary/aromatic N) is 1. The summed E-state index contributed by atoms with van der Waals surface area (Å²) >= 11 is 0. The minimum Gasteiger partial charge on any atom is -0.478 e. The number of esters is 2. The molecular weight excluding hydrogens is 610 g/mol. The fourth-order valence-electron chi connectivity index (χ4n) is 1.47. The molecule has 0 saturated heterocycles. The molecule has 5 N–H and O–H groups in total. The summed E-state index contributed by atoms with van der Waals surface area (Å²) in [7, 11) is 3.85. The van der Waals surface area contributed by atoms with Crippen molar-refractivity contribution in [1.29, 1.82) is 0 Å². The van der Waals surface area contributed by atoms with Crippen molar-refractivity contribution >= 4 is 23.9 Å². The van der Waals surface area contributed by atoms with Gasteiger partial charge < -0.3 is 54.1 Å². The van der Waals surface area contributed by atoms with Crippen LogP contribution in [0.15, 0.2) is 48.6 Å². The van der Waals surface area contributed by atoms with Crippen LogP contribution in [0.4, 0.5) is 0 Å². The quantitative estimate of drug-likeness (QED) is 0.0705. The predicted octanol–water partition coefficient (Wildman–Crippen LogP) is 1.47. The molecular formula is C31H57NO14. The van der Waals surface area contributed by atoms with Crippen molar-refractivity contribution in [2.75, 3.05) is 93.3 Å². The molecule has 0 atom stereocenters. The lowest BCUT2D eigenvalue weighted by Gasteiger charge is -2.09. The Hall–Kier alpha value is -3.44. The van der Waals surface area contributed by atoms with E-state index < -0.39 is 17.9 Å². The van der Waals surface area contributed by atoms with E-state index in [-0.39, 0.29) is 43.5 Å². The summed E-state index contributed by atoms with van der Waals surface area (Å²) in [5.74, 6) is -2.58. The van der Waals surface area contributed by atoms with Gasteiger partial charge in [0, 0.05) is 41.9 Å². The van der Waals surface area contributed by atoms with E-state index in [1.807, 2.05) is 19.0 Å². The number of carboxylic acids is 2. The Balaban J connectivity index is -0.000000157. The molecule has 0 amide bonds. The molecule has 0 heterocycles. The maximum absolute atomic E-state index is 10.8. The first kappa shape index (κ1) is 52.1. The predicted molar refractivity (Wildman–Crippen MR) is 173 cm³/mol. The first-order chi connectivity index (χ1) is 21.4. The SMILES string of the molecule is C=C(C)C(=O)O.C=C(C)C(=O)O.C=C(C)C(=O)OCCCO.C=C(C)C(=O)OCCN(C)C.OCCOCCOCCOCCO. The van der Waals surface area contributed by atoms with Gasteiger partial charge in [0.2, 0.25) is 0 Å². The van der Waals surface area contributed by atoms with Crippen molar-refractivity contribution in [2.24, 2.45) is 0 Å². The summed E-state index contributed by atoms with van der Waals surface area (Å²) in [5, 5.41) is 40.8. The zero-order valence-electron chi connectivity index (χ0n) is 28.4. The molecule has 46 heavy (non-hydrogen) atoms. The Morgan fingerprint density at radius 1 is 0.522 bits per heavy atom. The van der Waals surface area contributed by atoms with Gasteiger partial charge in [-0.1, -0.05) is 26.3 Å². The molecule has 270 valence electrons. The number of likely N-dealkylation sites (N-methyl/N-ethyl adjacent to an activating group) is 1. The van der Waals surface area contributed by atoms with Gasteiger partial charge in [-0.3, -0.25) is 0 Å². The van der Waals surface area contributed by atoms with Crippen molar-refractivity contribution in [3.05, 3.63) is 48.6 Å². The van der Waals surface area contributed by atoms with Crippen LogP contribution >= 0.6 is 0 Å². The highest BCUT2D eigenvalue weighted by Crippen LogP contribution is 1.92. The third kappa shape index (κ3) is 56.4. The van der Waals surface area contributed by atoms with Gasteiger partial charge in [-0.2, -0.15) is 0 Å². The molecule has 0 fully saturated rings. The van der Waals surface area contributed by atoms with Crippen LogP contribution in [0.3, 0.4) is 0 Å². The third-order valence-electron chi connectivity index (χ3n) is 3.95. The number of aliphatic hydroxyl groups is 3. The molecule has 0 rings (SSSR count). The zero-order chi connectivity index (χ0) is 36.9. The molecule has 0 aliphatic heterocycles. The van der Waals surface area contributed by atoms with E-state index in [1.54, 1.807) is 13.8 Å². The van der Waals surface area contributed by atoms with E-state index in [1.165, 1.54) is 13.8 Å². The minimum absolute atomic E-state index is 0.0413. The average molecular weight is 668 g/mol. The molecule has 0 spiro atoms. The molecule has 0 bridgehead atoms. The zero-order valence-corrected chi connectivity index (χ0v) is 28.4. The number of rotatable bonds is 20. The smallest absolute Gasteiger partial charge is 0.333 e. The van der Waals surface area contributed by atoms with E-state index >= 15 is 0 Å². The molecule has 0 unspecified atom stereocenters. The number of carbonyl (C=O) groups is 4. The molecule has 0 radical (unpaired) electrons. The summed E-state index contributed by atoms with van der Waals surface area (Å²) in [5.41, 5.74) is 1.19. The van der Waals surface area contributed by atoms with Gasteiger partial charge in [0.25, 0.3) is 0 Å². The maximum atomic E-state index is 10.8. The summed E-state index contributed by atoms with van der Waals surface area (Å²) in [6, 6.07) is 0. The average Bonchev–Trinajstić information content (AvgIpc) is 2.97. The number of aliphatic carboxylic acids is 2. The second kappa shape index (κ2) is 39.6. The van der Waals surface area contributed by atoms with Gasteiger partial charge in [-0.15, -0.1) is 0 Å². The molecule has 0 aromatic rings. The molecule has 0 aromatic heterocycles. The first-order valence-electron chi connectivity index (χ1n) is 14.1. The molecule has 0 aliphatic rings. The fourth-order valence-corrected chi connectivity index (χ4v) is 1.47. The van der Waals surface area contributed by atoms with E-state index in [0.29, 0.717) is 63.8 Å². The van der Waals surface area contributed by atoms with Crippen molar-refractivity contribution in [3.63, 3.8) is 0 Å². The maximum Gasteiger partial charge on any atom is 0.333 e. The molecule has 15 nitrogen and oxygen atoms in total. The van der Waals surface area contributed by atoms with E-state index in [2.05, 4.69) is 31.1 Å². The lowest BCUT2D eigenvalue weighted by molar-refractivity contribution is -0.140. The van der Waals surface area contributed by atoms with Crippen LogP contribution in [0, 0.1) is 0 Å². The molecule has 15 heteroatoms. The van der Waals surface area contributed by atoms with Crippen molar-refractivity contribution < 1.29 is 68.4 Å². The van der Waals surface area contributed by atoms with Gasteiger partial charge in [0.05, 0.1) is 59.5 Å². The highest BCUT2D eigenvalue weighted by atomic mass is 16.6. The van der Waals surface area contributed by atoms with Crippen LogP contribution in [-0.2, 0) is 42.9 Å². The summed E-state index contributed by atoms with van der Waals surface area (Å²) < 4.78 is 24.5. The third-order valence-corrected chi connectivity index (χ3v) is 3.95. The Bertz CT molecular complexity index is 798.